The Morgan fingerprint density at radius 2 is 2.04 bits per heavy atom. The summed E-state index contributed by atoms with van der Waals surface area (Å²) in [7, 11) is 0. The van der Waals surface area contributed by atoms with Crippen molar-refractivity contribution < 1.29 is 23.8 Å². The van der Waals surface area contributed by atoms with E-state index in [0.29, 0.717) is 35.5 Å². The van der Waals surface area contributed by atoms with Gasteiger partial charge in [-0.15, -0.1) is 0 Å². The van der Waals surface area contributed by atoms with Crippen LogP contribution in [0.15, 0.2) is 40.7 Å². The average Bonchev–Trinajstić information content (AvgIpc) is 3.14. The van der Waals surface area contributed by atoms with Gasteiger partial charge < -0.3 is 19.5 Å². The summed E-state index contributed by atoms with van der Waals surface area (Å²) in [6, 6.07) is 5.61. The summed E-state index contributed by atoms with van der Waals surface area (Å²) < 4.78 is 16.3. The third kappa shape index (κ3) is 2.99. The molecule has 0 aromatic heterocycles. The normalized spacial score (nSPS) is 21.1. The summed E-state index contributed by atoms with van der Waals surface area (Å²) in [4.78, 5) is 25.7. The molecule has 0 spiro atoms. The van der Waals surface area contributed by atoms with Crippen LogP contribution in [0.5, 0.6) is 11.5 Å². The first-order chi connectivity index (χ1) is 13.1. The Kier molecular flexibility index (Phi) is 4.64. The molecular formula is C21H23NO5. The highest BCUT2D eigenvalue weighted by atomic mass is 16.7. The number of dihydropyridines is 1. The fourth-order valence-electron chi connectivity index (χ4n) is 4.05. The molecule has 0 saturated carbocycles. The molecule has 142 valence electrons. The molecule has 0 fully saturated rings. The molecule has 27 heavy (non-hydrogen) atoms. The Balaban J connectivity index is 1.88. The van der Waals surface area contributed by atoms with Crippen molar-refractivity contribution in [1.82, 2.24) is 5.32 Å². The highest BCUT2D eigenvalue weighted by Gasteiger charge is 2.40. The standard InChI is InChI=1S/C21H23NO5/c1-3-13-20(21(24)25-4-2)18(19-14(22-13)6-5-7-15(19)23)12-8-9-16-17(10-12)27-11-26-16/h8-10,18,22H,3-7,11H2,1-2H3/t18-/m1/s1. The van der Waals surface area contributed by atoms with Crippen molar-refractivity contribution in [2.45, 2.75) is 45.4 Å². The lowest BCUT2D eigenvalue weighted by Crippen LogP contribution is -2.35. The fourth-order valence-corrected chi connectivity index (χ4v) is 4.05. The van der Waals surface area contributed by atoms with E-state index in [1.165, 1.54) is 0 Å². The van der Waals surface area contributed by atoms with E-state index < -0.39 is 5.92 Å². The summed E-state index contributed by atoms with van der Waals surface area (Å²) in [5.41, 5.74) is 3.80. The van der Waals surface area contributed by atoms with E-state index in [1.807, 2.05) is 25.1 Å². The van der Waals surface area contributed by atoms with Gasteiger partial charge >= 0.3 is 5.97 Å². The maximum atomic E-state index is 12.9. The maximum Gasteiger partial charge on any atom is 0.336 e. The lowest BCUT2D eigenvalue weighted by atomic mass is 9.75. The Morgan fingerprint density at radius 1 is 1.22 bits per heavy atom. The number of benzene rings is 1. The van der Waals surface area contributed by atoms with Crippen molar-refractivity contribution in [3.05, 3.63) is 46.3 Å². The van der Waals surface area contributed by atoms with Crippen LogP contribution in [0.1, 0.15) is 51.0 Å². The summed E-state index contributed by atoms with van der Waals surface area (Å²) in [6.07, 6.45) is 2.78. The van der Waals surface area contributed by atoms with Crippen LogP contribution >= 0.6 is 0 Å². The number of carbonyl (C=O) groups excluding carboxylic acids is 2. The quantitative estimate of drug-likeness (QED) is 0.821. The van der Waals surface area contributed by atoms with Gasteiger partial charge in [0.1, 0.15) is 0 Å². The van der Waals surface area contributed by atoms with Crippen molar-refractivity contribution in [2.24, 2.45) is 0 Å². The third-order valence-electron chi connectivity index (χ3n) is 5.24. The predicted molar refractivity (Wildman–Crippen MR) is 98.3 cm³/mol. The number of ether oxygens (including phenoxy) is 3. The number of ketones is 1. The minimum Gasteiger partial charge on any atom is -0.463 e. The van der Waals surface area contributed by atoms with Gasteiger partial charge in [0.25, 0.3) is 0 Å². The number of hydrogen-bond acceptors (Lipinski definition) is 6. The second-order valence-electron chi connectivity index (χ2n) is 6.81. The molecule has 1 aliphatic carbocycles. The molecule has 0 radical (unpaired) electrons. The van der Waals surface area contributed by atoms with E-state index in [9.17, 15) is 9.59 Å². The van der Waals surface area contributed by atoms with Gasteiger partial charge in [0, 0.05) is 29.3 Å². The molecule has 6 nitrogen and oxygen atoms in total. The number of rotatable bonds is 4. The van der Waals surface area contributed by atoms with E-state index in [-0.39, 0.29) is 25.2 Å². The van der Waals surface area contributed by atoms with E-state index in [0.717, 1.165) is 29.8 Å². The first kappa shape index (κ1) is 17.6. The third-order valence-corrected chi connectivity index (χ3v) is 5.24. The van der Waals surface area contributed by atoms with E-state index >= 15 is 0 Å². The van der Waals surface area contributed by atoms with E-state index in [2.05, 4.69) is 5.32 Å². The van der Waals surface area contributed by atoms with Gasteiger partial charge in [-0.05, 0) is 43.9 Å². The van der Waals surface area contributed by atoms with Gasteiger partial charge in [0.15, 0.2) is 17.3 Å². The summed E-state index contributed by atoms with van der Waals surface area (Å²) >= 11 is 0. The molecule has 0 saturated heterocycles. The molecule has 0 bridgehead atoms. The molecule has 0 unspecified atom stereocenters. The highest BCUT2D eigenvalue weighted by molar-refractivity contribution is 6.03. The topological polar surface area (TPSA) is 73.9 Å². The van der Waals surface area contributed by atoms with Crippen molar-refractivity contribution in [3.8, 4) is 11.5 Å². The van der Waals surface area contributed by atoms with Gasteiger partial charge in [-0.25, -0.2) is 4.79 Å². The summed E-state index contributed by atoms with van der Waals surface area (Å²) in [5, 5.41) is 3.36. The number of Topliss-reactive ketones (excluding diaryl/α,β-unsaturated/α-hetero) is 1. The van der Waals surface area contributed by atoms with Crippen LogP contribution in [0, 0.1) is 0 Å². The summed E-state index contributed by atoms with van der Waals surface area (Å²) in [6.45, 7) is 4.24. The van der Waals surface area contributed by atoms with Crippen LogP contribution in [0.2, 0.25) is 0 Å². The van der Waals surface area contributed by atoms with Crippen LogP contribution < -0.4 is 14.8 Å². The SMILES string of the molecule is CCOC(=O)C1=C(CC)NC2=C(C(=O)CCC2)[C@H]1c1ccc2c(c1)OCO2. The molecule has 0 amide bonds. The van der Waals surface area contributed by atoms with Crippen LogP contribution in [-0.2, 0) is 14.3 Å². The molecule has 3 aliphatic rings. The number of carbonyl (C=O) groups is 2. The lowest BCUT2D eigenvalue weighted by molar-refractivity contribution is -0.138. The second-order valence-corrected chi connectivity index (χ2v) is 6.81. The Labute approximate surface area is 158 Å². The van der Waals surface area contributed by atoms with Gasteiger partial charge in [-0.3, -0.25) is 4.79 Å². The zero-order valence-corrected chi connectivity index (χ0v) is 15.6. The lowest BCUT2D eigenvalue weighted by Gasteiger charge is -2.34. The molecule has 6 heteroatoms. The molecule has 1 atom stereocenters. The van der Waals surface area contributed by atoms with E-state index in [4.69, 9.17) is 14.2 Å². The maximum absolute atomic E-state index is 12.9. The number of allylic oxidation sites excluding steroid dienone is 3. The number of nitrogens with one attached hydrogen (secondary N) is 1. The van der Waals surface area contributed by atoms with Crippen LogP contribution in [0.3, 0.4) is 0 Å². The number of hydrogen-bond donors (Lipinski definition) is 1. The van der Waals surface area contributed by atoms with Crippen LogP contribution in [-0.4, -0.2) is 25.2 Å². The molecule has 1 aromatic rings. The molecule has 1 N–H and O–H groups in total. The first-order valence-electron chi connectivity index (χ1n) is 9.47. The molecule has 2 heterocycles. The largest absolute Gasteiger partial charge is 0.463 e. The zero-order valence-electron chi connectivity index (χ0n) is 15.6. The minimum atomic E-state index is -0.447. The Bertz CT molecular complexity index is 867. The summed E-state index contributed by atoms with van der Waals surface area (Å²) in [5.74, 6) is 0.572. The average molecular weight is 369 g/mol. The van der Waals surface area contributed by atoms with Crippen molar-refractivity contribution >= 4 is 11.8 Å². The Hall–Kier alpha value is -2.76. The van der Waals surface area contributed by atoms with Gasteiger partial charge in [0.05, 0.1) is 12.2 Å². The monoisotopic (exact) mass is 369 g/mol. The molecule has 1 aromatic carbocycles. The smallest absolute Gasteiger partial charge is 0.336 e. The van der Waals surface area contributed by atoms with Crippen molar-refractivity contribution in [2.75, 3.05) is 13.4 Å². The van der Waals surface area contributed by atoms with Crippen LogP contribution in [0.25, 0.3) is 0 Å². The van der Waals surface area contributed by atoms with Gasteiger partial charge in [0.2, 0.25) is 6.79 Å². The van der Waals surface area contributed by atoms with Gasteiger partial charge in [-0.1, -0.05) is 13.0 Å². The minimum absolute atomic E-state index is 0.0865. The second kappa shape index (κ2) is 7.10. The van der Waals surface area contributed by atoms with Crippen molar-refractivity contribution in [3.63, 3.8) is 0 Å². The number of esters is 1. The highest BCUT2D eigenvalue weighted by Crippen LogP contribution is 2.45. The number of fused-ring (bicyclic) bond motifs is 1. The van der Waals surface area contributed by atoms with E-state index in [1.54, 1.807) is 6.92 Å². The first-order valence-corrected chi connectivity index (χ1v) is 9.47. The fraction of sp³-hybridized carbons (Fsp3) is 0.429. The molecule has 2 aliphatic heterocycles. The zero-order chi connectivity index (χ0) is 19.0. The Morgan fingerprint density at radius 3 is 2.81 bits per heavy atom. The van der Waals surface area contributed by atoms with Crippen LogP contribution in [0.4, 0.5) is 0 Å². The van der Waals surface area contributed by atoms with Gasteiger partial charge in [-0.2, -0.15) is 0 Å². The molecular weight excluding hydrogens is 346 g/mol. The predicted octanol–water partition coefficient (Wildman–Crippen LogP) is 3.34. The van der Waals surface area contributed by atoms with Crippen molar-refractivity contribution in [1.29, 1.82) is 0 Å². The molecule has 4 rings (SSSR count).